The van der Waals surface area contributed by atoms with Gasteiger partial charge in [0.1, 0.15) is 18.0 Å². The monoisotopic (exact) mass is 443 g/mol. The van der Waals surface area contributed by atoms with E-state index in [1.54, 1.807) is 4.90 Å². The maximum absolute atomic E-state index is 13.0. The Balaban J connectivity index is 1.76. The van der Waals surface area contributed by atoms with E-state index in [4.69, 9.17) is 15.9 Å². The largest absolute Gasteiger partial charge is 0.494 e. The molecule has 10 heteroatoms. The number of aromatic nitrogens is 2. The van der Waals surface area contributed by atoms with Gasteiger partial charge < -0.3 is 20.5 Å². The fraction of sp³-hybridized carbons (Fsp3) is 0.455. The van der Waals surface area contributed by atoms with Crippen molar-refractivity contribution in [1.82, 2.24) is 14.0 Å². The number of benzene rings is 1. The van der Waals surface area contributed by atoms with Crippen LogP contribution in [-0.2, 0) is 17.9 Å². The number of amides is 1. The van der Waals surface area contributed by atoms with Crippen LogP contribution in [-0.4, -0.2) is 44.2 Å². The van der Waals surface area contributed by atoms with Crippen LogP contribution in [0.2, 0.25) is 0 Å². The van der Waals surface area contributed by atoms with Gasteiger partial charge in [-0.2, -0.15) is 0 Å². The number of likely N-dealkylation sites (tertiary alicyclic amines) is 1. The third-order valence-corrected chi connectivity index (χ3v) is 5.65. The number of hydrogen-bond donors (Lipinski definition) is 3. The minimum atomic E-state index is -0.780. The number of nitrogens with two attached hydrogens (primary N) is 1. The van der Waals surface area contributed by atoms with E-state index < -0.39 is 35.1 Å². The highest BCUT2D eigenvalue weighted by atomic mass is 16.6. The second kappa shape index (κ2) is 10.2. The van der Waals surface area contributed by atoms with Gasteiger partial charge in [-0.1, -0.05) is 43.7 Å². The standard InChI is InChI=1S/C22H29N5O5/c1-2-3-11-26-19(28)17(18(23)24)20(29)27(21(26)30)16-9-12-25(13-10-16)22(31)32-14-15-7-5-4-6-8-15/h4-8,16,28H,2-3,9-14H2,1H3,(H3,23,24). The van der Waals surface area contributed by atoms with Crippen molar-refractivity contribution >= 4 is 11.9 Å². The van der Waals surface area contributed by atoms with Gasteiger partial charge in [-0.05, 0) is 24.8 Å². The van der Waals surface area contributed by atoms with Crippen LogP contribution in [0.15, 0.2) is 39.9 Å². The summed E-state index contributed by atoms with van der Waals surface area (Å²) in [6.45, 7) is 2.95. The molecule has 0 unspecified atom stereocenters. The van der Waals surface area contributed by atoms with Crippen molar-refractivity contribution in [3.8, 4) is 5.88 Å². The summed E-state index contributed by atoms with van der Waals surface area (Å²) in [6, 6.07) is 8.88. The number of carbonyl (C=O) groups is 1. The van der Waals surface area contributed by atoms with Gasteiger partial charge in [-0.25, -0.2) is 9.59 Å². The molecule has 172 valence electrons. The molecule has 1 aliphatic heterocycles. The first-order valence-electron chi connectivity index (χ1n) is 10.7. The zero-order valence-electron chi connectivity index (χ0n) is 18.1. The van der Waals surface area contributed by atoms with Gasteiger partial charge >= 0.3 is 11.8 Å². The number of unbranched alkanes of at least 4 members (excludes halogenated alkanes) is 1. The first-order valence-corrected chi connectivity index (χ1v) is 10.7. The number of rotatable bonds is 7. The Morgan fingerprint density at radius 1 is 1.22 bits per heavy atom. The Kier molecular flexibility index (Phi) is 7.34. The summed E-state index contributed by atoms with van der Waals surface area (Å²) in [4.78, 5) is 39.9. The normalized spacial score (nSPS) is 14.3. The van der Waals surface area contributed by atoms with Gasteiger partial charge in [0.15, 0.2) is 0 Å². The molecule has 1 aromatic carbocycles. The van der Waals surface area contributed by atoms with E-state index in [2.05, 4.69) is 0 Å². The van der Waals surface area contributed by atoms with Crippen molar-refractivity contribution < 1.29 is 14.6 Å². The predicted molar refractivity (Wildman–Crippen MR) is 119 cm³/mol. The lowest BCUT2D eigenvalue weighted by atomic mass is 10.0. The first-order chi connectivity index (χ1) is 15.3. The van der Waals surface area contributed by atoms with Gasteiger partial charge in [-0.3, -0.25) is 19.3 Å². The summed E-state index contributed by atoms with van der Waals surface area (Å²) < 4.78 is 7.53. The van der Waals surface area contributed by atoms with Crippen molar-refractivity contribution in [2.75, 3.05) is 13.1 Å². The van der Waals surface area contributed by atoms with E-state index in [0.29, 0.717) is 32.4 Å². The molecule has 2 heterocycles. The quantitative estimate of drug-likeness (QED) is 0.439. The Labute approximate surface area is 185 Å². The van der Waals surface area contributed by atoms with Gasteiger partial charge in [0, 0.05) is 25.7 Å². The Bertz CT molecular complexity index is 1080. The molecule has 1 aliphatic rings. The zero-order valence-corrected chi connectivity index (χ0v) is 18.1. The molecule has 10 nitrogen and oxygen atoms in total. The number of ether oxygens (including phenoxy) is 1. The smallest absolute Gasteiger partial charge is 0.410 e. The SMILES string of the molecule is CCCCn1c(O)c(C(=N)N)c(=O)n(C2CCN(C(=O)OCc3ccccc3)CC2)c1=O. The Morgan fingerprint density at radius 3 is 2.47 bits per heavy atom. The van der Waals surface area contributed by atoms with Gasteiger partial charge in [-0.15, -0.1) is 0 Å². The Morgan fingerprint density at radius 2 is 1.88 bits per heavy atom. The molecule has 1 aromatic heterocycles. The van der Waals surface area contributed by atoms with Crippen molar-refractivity contribution in [3.05, 3.63) is 62.3 Å². The number of amidine groups is 1. The van der Waals surface area contributed by atoms with Crippen LogP contribution < -0.4 is 17.0 Å². The van der Waals surface area contributed by atoms with Gasteiger partial charge in [0.05, 0.1) is 0 Å². The molecule has 4 N–H and O–H groups in total. The molecule has 32 heavy (non-hydrogen) atoms. The Hall–Kier alpha value is -3.56. The number of nitrogens with one attached hydrogen (secondary N) is 1. The highest BCUT2D eigenvalue weighted by Crippen LogP contribution is 2.22. The minimum absolute atomic E-state index is 0.168. The third-order valence-electron chi connectivity index (χ3n) is 5.65. The summed E-state index contributed by atoms with van der Waals surface area (Å²) in [7, 11) is 0. The highest BCUT2D eigenvalue weighted by molar-refractivity contribution is 5.96. The van der Waals surface area contributed by atoms with Crippen molar-refractivity contribution in [1.29, 1.82) is 5.41 Å². The second-order valence-electron chi connectivity index (χ2n) is 7.83. The maximum Gasteiger partial charge on any atom is 0.410 e. The van der Waals surface area contributed by atoms with E-state index in [-0.39, 0.29) is 18.7 Å². The van der Waals surface area contributed by atoms with Crippen molar-refractivity contribution in [2.45, 2.75) is 51.8 Å². The summed E-state index contributed by atoms with van der Waals surface area (Å²) in [5.41, 5.74) is 4.64. The van der Waals surface area contributed by atoms with Crippen LogP contribution in [0.4, 0.5) is 4.79 Å². The number of piperidine rings is 1. The summed E-state index contributed by atoms with van der Waals surface area (Å²) in [5, 5.41) is 18.1. The molecule has 0 saturated carbocycles. The molecule has 1 amide bonds. The molecule has 2 aromatic rings. The molecular weight excluding hydrogens is 414 g/mol. The molecular formula is C22H29N5O5. The lowest BCUT2D eigenvalue weighted by Crippen LogP contribution is -2.48. The molecule has 3 rings (SSSR count). The van der Waals surface area contributed by atoms with Crippen LogP contribution in [0.25, 0.3) is 0 Å². The van der Waals surface area contributed by atoms with Crippen LogP contribution in [0.5, 0.6) is 5.88 Å². The summed E-state index contributed by atoms with van der Waals surface area (Å²) in [5.74, 6) is -1.16. The first kappa shape index (κ1) is 23.1. The summed E-state index contributed by atoms with van der Waals surface area (Å²) >= 11 is 0. The highest BCUT2D eigenvalue weighted by Gasteiger charge is 2.30. The van der Waals surface area contributed by atoms with E-state index in [1.165, 1.54) is 0 Å². The average Bonchev–Trinajstić information content (AvgIpc) is 2.78. The fourth-order valence-electron chi connectivity index (χ4n) is 3.85. The van der Waals surface area contributed by atoms with Crippen molar-refractivity contribution in [2.24, 2.45) is 5.73 Å². The number of hydrogen-bond acceptors (Lipinski definition) is 6. The molecule has 1 fully saturated rings. The van der Waals surface area contributed by atoms with E-state index in [1.807, 2.05) is 37.3 Å². The van der Waals surface area contributed by atoms with Crippen LogP contribution >= 0.6 is 0 Å². The summed E-state index contributed by atoms with van der Waals surface area (Å²) in [6.07, 6.45) is 1.69. The lowest BCUT2D eigenvalue weighted by Gasteiger charge is -2.32. The van der Waals surface area contributed by atoms with Gasteiger partial charge in [0.2, 0.25) is 5.88 Å². The third kappa shape index (κ3) is 4.84. The fourth-order valence-corrected chi connectivity index (χ4v) is 3.85. The maximum atomic E-state index is 13.0. The van der Waals surface area contributed by atoms with E-state index >= 15 is 0 Å². The topological polar surface area (TPSA) is 144 Å². The number of nitrogen functional groups attached to an aromatic ring is 1. The lowest BCUT2D eigenvalue weighted by molar-refractivity contribution is 0.0823. The van der Waals surface area contributed by atoms with Crippen molar-refractivity contribution in [3.63, 3.8) is 0 Å². The second-order valence-corrected chi connectivity index (χ2v) is 7.83. The number of aromatic hydroxyl groups is 1. The molecule has 1 saturated heterocycles. The molecule has 0 bridgehead atoms. The molecule has 0 radical (unpaired) electrons. The van der Waals surface area contributed by atoms with Crippen LogP contribution in [0, 0.1) is 5.41 Å². The predicted octanol–water partition coefficient (Wildman–Crippen LogP) is 1.77. The zero-order chi connectivity index (χ0) is 23.3. The van der Waals surface area contributed by atoms with Crippen LogP contribution in [0.3, 0.4) is 0 Å². The van der Waals surface area contributed by atoms with E-state index in [0.717, 1.165) is 21.1 Å². The van der Waals surface area contributed by atoms with E-state index in [9.17, 15) is 19.5 Å². The van der Waals surface area contributed by atoms with Gasteiger partial charge in [0.25, 0.3) is 5.56 Å². The molecule has 0 spiro atoms. The average molecular weight is 444 g/mol. The van der Waals surface area contributed by atoms with Crippen LogP contribution in [0.1, 0.15) is 49.8 Å². The number of carbonyl (C=O) groups excluding carboxylic acids is 1. The minimum Gasteiger partial charge on any atom is -0.494 e. The molecule has 0 atom stereocenters. The number of nitrogens with zero attached hydrogens (tertiary/aromatic N) is 3. The molecule has 0 aliphatic carbocycles.